The van der Waals surface area contributed by atoms with Gasteiger partial charge in [-0.05, 0) is 26.2 Å². The number of guanidine groups is 1. The average Bonchev–Trinajstić information content (AvgIpc) is 3.11. The Bertz CT molecular complexity index is 473. The van der Waals surface area contributed by atoms with E-state index in [0.717, 1.165) is 29.6 Å². The van der Waals surface area contributed by atoms with Crippen molar-refractivity contribution in [3.63, 3.8) is 0 Å². The largest absolute Gasteiger partial charge is 0.373 e. The molecule has 0 aliphatic carbocycles. The molecule has 2 fully saturated rings. The number of rotatable bonds is 3. The minimum Gasteiger partial charge on any atom is -0.373 e. The second-order valence-corrected chi connectivity index (χ2v) is 6.11. The van der Waals surface area contributed by atoms with Crippen LogP contribution >= 0.6 is 11.3 Å². The third-order valence-corrected chi connectivity index (χ3v) is 4.69. The van der Waals surface area contributed by atoms with E-state index in [0.29, 0.717) is 18.2 Å². The molecule has 3 heterocycles. The molecule has 104 valence electrons. The van der Waals surface area contributed by atoms with Gasteiger partial charge in [0.1, 0.15) is 5.01 Å². The van der Waals surface area contributed by atoms with Crippen molar-refractivity contribution in [3.8, 4) is 0 Å². The molecule has 0 aromatic carbocycles. The van der Waals surface area contributed by atoms with E-state index in [9.17, 15) is 0 Å². The van der Waals surface area contributed by atoms with Gasteiger partial charge in [-0.3, -0.25) is 4.99 Å². The van der Waals surface area contributed by atoms with Crippen molar-refractivity contribution in [2.24, 2.45) is 4.99 Å². The Morgan fingerprint density at radius 1 is 1.58 bits per heavy atom. The lowest BCUT2D eigenvalue weighted by atomic mass is 9.96. The van der Waals surface area contributed by atoms with Crippen molar-refractivity contribution < 1.29 is 4.74 Å². The highest BCUT2D eigenvalue weighted by Gasteiger charge is 2.41. The van der Waals surface area contributed by atoms with Crippen LogP contribution in [-0.2, 0) is 11.3 Å². The molecule has 2 saturated heterocycles. The van der Waals surface area contributed by atoms with E-state index in [4.69, 9.17) is 4.74 Å². The van der Waals surface area contributed by atoms with Crippen LogP contribution in [0.25, 0.3) is 0 Å². The van der Waals surface area contributed by atoms with Gasteiger partial charge in [0.2, 0.25) is 0 Å². The van der Waals surface area contributed by atoms with Gasteiger partial charge in [-0.15, -0.1) is 11.3 Å². The summed E-state index contributed by atoms with van der Waals surface area (Å²) in [5.41, 5.74) is 1.08. The quantitative estimate of drug-likeness (QED) is 0.650. The van der Waals surface area contributed by atoms with Gasteiger partial charge in [-0.2, -0.15) is 0 Å². The van der Waals surface area contributed by atoms with E-state index in [-0.39, 0.29) is 0 Å². The summed E-state index contributed by atoms with van der Waals surface area (Å²) in [4.78, 5) is 8.71. The van der Waals surface area contributed by atoms with E-state index in [1.807, 2.05) is 6.92 Å². The molecule has 3 atom stereocenters. The van der Waals surface area contributed by atoms with Crippen molar-refractivity contribution in [2.45, 2.75) is 51.0 Å². The highest BCUT2D eigenvalue weighted by atomic mass is 32.1. The van der Waals surface area contributed by atoms with Crippen LogP contribution in [-0.4, -0.2) is 36.2 Å². The maximum absolute atomic E-state index is 5.84. The monoisotopic (exact) mass is 280 g/mol. The molecule has 2 aliphatic rings. The second kappa shape index (κ2) is 5.46. The SMILES string of the molecule is CN=C(NCc1nc(C)cs1)NC1CC2CCC1O2. The summed E-state index contributed by atoms with van der Waals surface area (Å²) in [6, 6.07) is 0.406. The number of aliphatic imine (C=N–C) groups is 1. The third kappa shape index (κ3) is 2.90. The van der Waals surface area contributed by atoms with E-state index < -0.39 is 0 Å². The number of hydrogen-bond donors (Lipinski definition) is 2. The Morgan fingerprint density at radius 2 is 2.47 bits per heavy atom. The van der Waals surface area contributed by atoms with Crippen LogP contribution < -0.4 is 10.6 Å². The zero-order valence-corrected chi connectivity index (χ0v) is 12.2. The van der Waals surface area contributed by atoms with Crippen LogP contribution in [0.15, 0.2) is 10.4 Å². The van der Waals surface area contributed by atoms with Crippen molar-refractivity contribution in [2.75, 3.05) is 7.05 Å². The third-order valence-electron chi connectivity index (χ3n) is 3.73. The Morgan fingerprint density at radius 3 is 3.05 bits per heavy atom. The fraction of sp³-hybridized carbons (Fsp3) is 0.692. The number of hydrogen-bond acceptors (Lipinski definition) is 4. The molecule has 3 rings (SSSR count). The molecule has 6 heteroatoms. The molecule has 2 bridgehead atoms. The fourth-order valence-electron chi connectivity index (χ4n) is 2.80. The van der Waals surface area contributed by atoms with Crippen molar-refractivity contribution in [3.05, 3.63) is 16.1 Å². The lowest BCUT2D eigenvalue weighted by Gasteiger charge is -2.22. The lowest BCUT2D eigenvalue weighted by Crippen LogP contribution is -2.47. The molecule has 0 radical (unpaired) electrons. The van der Waals surface area contributed by atoms with Crippen LogP contribution in [0, 0.1) is 6.92 Å². The zero-order valence-electron chi connectivity index (χ0n) is 11.3. The molecule has 19 heavy (non-hydrogen) atoms. The molecule has 0 spiro atoms. The number of fused-ring (bicyclic) bond motifs is 2. The summed E-state index contributed by atoms with van der Waals surface area (Å²) in [6.07, 6.45) is 4.31. The Balaban J connectivity index is 1.51. The van der Waals surface area contributed by atoms with E-state index in [2.05, 4.69) is 26.0 Å². The minimum atomic E-state index is 0.366. The normalized spacial score (nSPS) is 29.8. The van der Waals surface area contributed by atoms with Gasteiger partial charge in [0.05, 0.1) is 24.8 Å². The predicted octanol–water partition coefficient (Wildman–Crippen LogP) is 1.44. The van der Waals surface area contributed by atoms with E-state index in [1.165, 1.54) is 12.8 Å². The van der Waals surface area contributed by atoms with E-state index >= 15 is 0 Å². The Kier molecular flexibility index (Phi) is 3.70. The standard InChI is InChI=1S/C13H20N4OS/c1-8-7-19-12(16-8)6-15-13(14-2)17-10-5-9-3-4-11(10)18-9/h7,9-11H,3-6H2,1-2H3,(H2,14,15,17). The van der Waals surface area contributed by atoms with Crippen molar-refractivity contribution in [1.29, 1.82) is 0 Å². The van der Waals surface area contributed by atoms with Gasteiger partial charge in [-0.1, -0.05) is 0 Å². The van der Waals surface area contributed by atoms with Crippen LogP contribution in [0.5, 0.6) is 0 Å². The van der Waals surface area contributed by atoms with Crippen LogP contribution in [0.2, 0.25) is 0 Å². The molecule has 2 N–H and O–H groups in total. The maximum atomic E-state index is 5.84. The lowest BCUT2D eigenvalue weighted by molar-refractivity contribution is 0.0992. The van der Waals surface area contributed by atoms with Crippen molar-refractivity contribution in [1.82, 2.24) is 15.6 Å². The Hall–Kier alpha value is -1.14. The summed E-state index contributed by atoms with van der Waals surface area (Å²) in [7, 11) is 1.80. The van der Waals surface area contributed by atoms with Crippen molar-refractivity contribution >= 4 is 17.3 Å². The van der Waals surface area contributed by atoms with Crippen LogP contribution in [0.3, 0.4) is 0 Å². The van der Waals surface area contributed by atoms with Gasteiger partial charge < -0.3 is 15.4 Å². The number of aromatic nitrogens is 1. The van der Waals surface area contributed by atoms with Gasteiger partial charge in [0.15, 0.2) is 5.96 Å². The van der Waals surface area contributed by atoms with E-state index in [1.54, 1.807) is 18.4 Å². The topological polar surface area (TPSA) is 58.5 Å². The molecule has 1 aromatic heterocycles. The first-order valence-corrected chi connectivity index (χ1v) is 7.66. The highest BCUT2D eigenvalue weighted by molar-refractivity contribution is 7.09. The Labute approximate surface area is 117 Å². The second-order valence-electron chi connectivity index (χ2n) is 5.17. The molecule has 2 aliphatic heterocycles. The highest BCUT2D eigenvalue weighted by Crippen LogP contribution is 2.34. The molecular formula is C13H20N4OS. The summed E-state index contributed by atoms with van der Waals surface area (Å²) in [5, 5.41) is 9.94. The number of nitrogens with zero attached hydrogens (tertiary/aromatic N) is 2. The number of nitrogens with one attached hydrogen (secondary N) is 2. The smallest absolute Gasteiger partial charge is 0.191 e. The van der Waals surface area contributed by atoms with Gasteiger partial charge in [0.25, 0.3) is 0 Å². The predicted molar refractivity (Wildman–Crippen MR) is 76.5 cm³/mol. The molecule has 1 aromatic rings. The summed E-state index contributed by atoms with van der Waals surface area (Å²) >= 11 is 1.68. The summed E-state index contributed by atoms with van der Waals surface area (Å²) < 4.78 is 5.84. The molecule has 0 saturated carbocycles. The molecule has 5 nitrogen and oxygen atoms in total. The first-order valence-electron chi connectivity index (χ1n) is 6.78. The van der Waals surface area contributed by atoms with Crippen LogP contribution in [0.4, 0.5) is 0 Å². The van der Waals surface area contributed by atoms with Crippen LogP contribution in [0.1, 0.15) is 30.0 Å². The summed E-state index contributed by atoms with van der Waals surface area (Å²) in [5.74, 6) is 0.842. The molecule has 3 unspecified atom stereocenters. The van der Waals surface area contributed by atoms with Gasteiger partial charge >= 0.3 is 0 Å². The number of ether oxygens (including phenoxy) is 1. The molecular weight excluding hydrogens is 260 g/mol. The zero-order chi connectivity index (χ0) is 13.2. The number of thiazole rings is 1. The first kappa shape index (κ1) is 12.9. The average molecular weight is 280 g/mol. The van der Waals surface area contributed by atoms with Gasteiger partial charge in [0, 0.05) is 18.1 Å². The van der Waals surface area contributed by atoms with Gasteiger partial charge in [-0.25, -0.2) is 4.98 Å². The number of aryl methyl sites for hydroxylation is 1. The summed E-state index contributed by atoms with van der Waals surface area (Å²) in [6.45, 7) is 2.74. The maximum Gasteiger partial charge on any atom is 0.191 e. The minimum absolute atomic E-state index is 0.366. The first-order chi connectivity index (χ1) is 9.24. The molecule has 0 amide bonds. The fourth-order valence-corrected chi connectivity index (χ4v) is 3.51.